The van der Waals surface area contributed by atoms with Gasteiger partial charge in [-0.15, -0.1) is 11.3 Å². The standard InChI is InChI=1S/C25H38N4O4S/c1-6-26-23(32)27-20-19(16(2)17(3)34-20)21(30)28-12-8-18(9-13-28)29-11-7-10-25(15-29)14-24(4,5)33-22(25)31/h18H,6-15H2,1-5H3,(H2,26,27,32). The van der Waals surface area contributed by atoms with E-state index in [9.17, 15) is 14.4 Å². The van der Waals surface area contributed by atoms with Crippen molar-refractivity contribution in [1.82, 2.24) is 15.1 Å². The molecule has 9 heteroatoms. The molecule has 1 atom stereocenters. The van der Waals surface area contributed by atoms with Crippen LogP contribution in [0.2, 0.25) is 0 Å². The first-order valence-corrected chi connectivity index (χ1v) is 13.3. The highest BCUT2D eigenvalue weighted by Gasteiger charge is 2.54. The Morgan fingerprint density at radius 1 is 1.18 bits per heavy atom. The van der Waals surface area contributed by atoms with Crippen molar-refractivity contribution in [3.8, 4) is 0 Å². The number of nitrogens with zero attached hydrogens (tertiary/aromatic N) is 2. The SMILES string of the molecule is CCNC(=O)Nc1sc(C)c(C)c1C(=O)N1CCC(N2CCCC3(C2)CC(C)(C)OC3=O)CC1. The lowest BCUT2D eigenvalue weighted by Gasteiger charge is -2.44. The van der Waals surface area contributed by atoms with Crippen LogP contribution in [0.3, 0.4) is 0 Å². The Hall–Kier alpha value is -2.13. The monoisotopic (exact) mass is 490 g/mol. The number of urea groups is 1. The number of piperidine rings is 2. The van der Waals surface area contributed by atoms with Crippen LogP contribution in [-0.2, 0) is 9.53 Å². The van der Waals surface area contributed by atoms with E-state index in [0.717, 1.165) is 55.6 Å². The molecule has 1 spiro atoms. The lowest BCUT2D eigenvalue weighted by Crippen LogP contribution is -2.53. The molecular formula is C25H38N4O4S. The van der Waals surface area contributed by atoms with E-state index in [1.54, 1.807) is 0 Å². The van der Waals surface area contributed by atoms with Gasteiger partial charge in [0.25, 0.3) is 5.91 Å². The molecule has 0 radical (unpaired) electrons. The first kappa shape index (κ1) is 25.0. The van der Waals surface area contributed by atoms with Gasteiger partial charge in [-0.3, -0.25) is 19.8 Å². The molecular weight excluding hydrogens is 452 g/mol. The van der Waals surface area contributed by atoms with Gasteiger partial charge in [-0.25, -0.2) is 4.79 Å². The van der Waals surface area contributed by atoms with Gasteiger partial charge in [0, 0.05) is 43.5 Å². The number of carbonyl (C=O) groups is 3. The molecule has 3 aliphatic heterocycles. The van der Waals surface area contributed by atoms with Gasteiger partial charge in [0.15, 0.2) is 0 Å². The highest BCUT2D eigenvalue weighted by molar-refractivity contribution is 7.16. The molecule has 0 bridgehead atoms. The average molecular weight is 491 g/mol. The number of hydrogen-bond donors (Lipinski definition) is 2. The van der Waals surface area contributed by atoms with Crippen molar-refractivity contribution in [3.63, 3.8) is 0 Å². The second-order valence-corrected chi connectivity index (χ2v) is 11.9. The number of aryl methyl sites for hydroxylation is 1. The minimum Gasteiger partial charge on any atom is -0.459 e. The summed E-state index contributed by atoms with van der Waals surface area (Å²) in [6.45, 7) is 13.4. The van der Waals surface area contributed by atoms with E-state index in [4.69, 9.17) is 4.74 Å². The third-order valence-corrected chi connectivity index (χ3v) is 8.73. The fraction of sp³-hybridized carbons (Fsp3) is 0.720. The Morgan fingerprint density at radius 2 is 1.88 bits per heavy atom. The van der Waals surface area contributed by atoms with Gasteiger partial charge < -0.3 is 15.0 Å². The molecule has 3 fully saturated rings. The van der Waals surface area contributed by atoms with Gasteiger partial charge in [-0.2, -0.15) is 0 Å². The van der Waals surface area contributed by atoms with E-state index in [0.29, 0.717) is 36.2 Å². The molecule has 1 unspecified atom stereocenters. The van der Waals surface area contributed by atoms with Crippen LogP contribution < -0.4 is 10.6 Å². The molecule has 3 amide bonds. The molecule has 3 aliphatic rings. The molecule has 0 saturated carbocycles. The topological polar surface area (TPSA) is 91.0 Å². The van der Waals surface area contributed by atoms with Gasteiger partial charge in [0.05, 0.1) is 11.0 Å². The molecule has 8 nitrogen and oxygen atoms in total. The Bertz CT molecular complexity index is 966. The zero-order valence-corrected chi connectivity index (χ0v) is 21.9. The number of esters is 1. The maximum Gasteiger partial charge on any atom is 0.319 e. The summed E-state index contributed by atoms with van der Waals surface area (Å²) in [5.41, 5.74) is 0.788. The predicted octanol–water partition coefficient (Wildman–Crippen LogP) is 3.92. The van der Waals surface area contributed by atoms with Crippen molar-refractivity contribution in [1.29, 1.82) is 0 Å². The van der Waals surface area contributed by atoms with Crippen LogP contribution >= 0.6 is 11.3 Å². The maximum absolute atomic E-state index is 13.5. The van der Waals surface area contributed by atoms with E-state index < -0.39 is 0 Å². The van der Waals surface area contributed by atoms with Crippen molar-refractivity contribution in [2.75, 3.05) is 38.0 Å². The molecule has 4 heterocycles. The average Bonchev–Trinajstić information content (AvgIpc) is 3.17. The quantitative estimate of drug-likeness (QED) is 0.625. The van der Waals surface area contributed by atoms with Crippen LogP contribution in [0.1, 0.15) is 73.7 Å². The Labute approximate surface area is 206 Å². The van der Waals surface area contributed by atoms with Crippen LogP contribution in [0.5, 0.6) is 0 Å². The summed E-state index contributed by atoms with van der Waals surface area (Å²) in [6, 6.07) is 0.0834. The molecule has 34 heavy (non-hydrogen) atoms. The molecule has 2 N–H and O–H groups in total. The zero-order chi connectivity index (χ0) is 24.7. The minimum absolute atomic E-state index is 0.0108. The number of carbonyl (C=O) groups excluding carboxylic acids is 3. The van der Waals surface area contributed by atoms with E-state index in [-0.39, 0.29) is 28.9 Å². The van der Waals surface area contributed by atoms with E-state index in [1.165, 1.54) is 11.3 Å². The van der Waals surface area contributed by atoms with Crippen LogP contribution in [-0.4, -0.2) is 72.1 Å². The lowest BCUT2D eigenvalue weighted by molar-refractivity contribution is -0.154. The van der Waals surface area contributed by atoms with Crippen LogP contribution in [0.25, 0.3) is 0 Å². The van der Waals surface area contributed by atoms with Gasteiger partial charge >= 0.3 is 12.0 Å². The number of likely N-dealkylation sites (tertiary alicyclic amines) is 2. The summed E-state index contributed by atoms with van der Waals surface area (Å²) in [5.74, 6) is -0.0476. The predicted molar refractivity (Wildman–Crippen MR) is 133 cm³/mol. The fourth-order valence-electron chi connectivity index (χ4n) is 5.94. The highest BCUT2D eigenvalue weighted by atomic mass is 32.1. The number of ether oxygens (including phenoxy) is 1. The Morgan fingerprint density at radius 3 is 2.50 bits per heavy atom. The molecule has 188 valence electrons. The van der Waals surface area contributed by atoms with Gasteiger partial charge in [0.2, 0.25) is 0 Å². The number of anilines is 1. The van der Waals surface area contributed by atoms with E-state index in [2.05, 4.69) is 15.5 Å². The first-order chi connectivity index (χ1) is 16.0. The molecule has 1 aromatic rings. The number of rotatable bonds is 4. The Balaban J connectivity index is 1.40. The lowest BCUT2D eigenvalue weighted by atomic mass is 9.74. The van der Waals surface area contributed by atoms with Crippen molar-refractivity contribution in [3.05, 3.63) is 16.0 Å². The summed E-state index contributed by atoms with van der Waals surface area (Å²) in [5, 5.41) is 6.21. The van der Waals surface area contributed by atoms with Gasteiger partial charge in [-0.05, 0) is 72.4 Å². The molecule has 1 aromatic heterocycles. The van der Waals surface area contributed by atoms with Gasteiger partial charge in [-0.1, -0.05) is 0 Å². The van der Waals surface area contributed by atoms with E-state index in [1.807, 2.05) is 39.5 Å². The van der Waals surface area contributed by atoms with Crippen molar-refractivity contribution < 1.29 is 19.1 Å². The minimum atomic E-state index is -0.383. The molecule has 0 aromatic carbocycles. The van der Waals surface area contributed by atoms with Crippen LogP contribution in [0.15, 0.2) is 0 Å². The maximum atomic E-state index is 13.5. The molecule has 4 rings (SSSR count). The van der Waals surface area contributed by atoms with Crippen LogP contribution in [0, 0.1) is 19.3 Å². The zero-order valence-electron chi connectivity index (χ0n) is 21.1. The van der Waals surface area contributed by atoms with Crippen LogP contribution in [0.4, 0.5) is 9.80 Å². The summed E-state index contributed by atoms with van der Waals surface area (Å²) >= 11 is 1.45. The number of nitrogens with one attached hydrogen (secondary N) is 2. The number of thiophene rings is 1. The fourth-order valence-corrected chi connectivity index (χ4v) is 6.99. The summed E-state index contributed by atoms with van der Waals surface area (Å²) < 4.78 is 5.69. The Kier molecular flexibility index (Phi) is 6.97. The second kappa shape index (κ2) is 9.49. The van der Waals surface area contributed by atoms with Crippen molar-refractivity contribution in [2.45, 2.75) is 78.4 Å². The van der Waals surface area contributed by atoms with Crippen molar-refractivity contribution >= 4 is 34.2 Å². The summed E-state index contributed by atoms with van der Waals surface area (Å²) in [6.07, 6.45) is 4.47. The number of amides is 3. The first-order valence-electron chi connectivity index (χ1n) is 12.5. The number of hydrogen-bond acceptors (Lipinski definition) is 6. The summed E-state index contributed by atoms with van der Waals surface area (Å²) in [4.78, 5) is 43.7. The largest absolute Gasteiger partial charge is 0.459 e. The molecule has 3 saturated heterocycles. The smallest absolute Gasteiger partial charge is 0.319 e. The normalized spacial score (nSPS) is 25.4. The summed E-state index contributed by atoms with van der Waals surface area (Å²) in [7, 11) is 0. The second-order valence-electron chi connectivity index (χ2n) is 10.7. The van der Waals surface area contributed by atoms with Gasteiger partial charge in [0.1, 0.15) is 10.6 Å². The van der Waals surface area contributed by atoms with Crippen molar-refractivity contribution in [2.24, 2.45) is 5.41 Å². The number of cyclic esters (lactones) is 1. The third-order valence-electron chi connectivity index (χ3n) is 7.60. The van der Waals surface area contributed by atoms with E-state index >= 15 is 0 Å². The third kappa shape index (κ3) is 4.82. The highest BCUT2D eigenvalue weighted by Crippen LogP contribution is 2.46. The molecule has 0 aliphatic carbocycles.